The van der Waals surface area contributed by atoms with Gasteiger partial charge in [-0.25, -0.2) is 9.78 Å². The Hall–Kier alpha value is -5.18. The van der Waals surface area contributed by atoms with Gasteiger partial charge in [-0.05, 0) is 60.7 Å². The molecule has 0 aliphatic rings. The number of fused-ring (bicyclic) bond motifs is 2. The number of carbonyl (C=O) groups is 1. The summed E-state index contributed by atoms with van der Waals surface area (Å²) in [6.07, 6.45) is 0. The van der Waals surface area contributed by atoms with Crippen LogP contribution in [0.5, 0.6) is 5.75 Å². The summed E-state index contributed by atoms with van der Waals surface area (Å²) in [6, 6.07) is 26.2. The predicted molar refractivity (Wildman–Crippen MR) is 141 cm³/mol. The second kappa shape index (κ2) is 9.59. The van der Waals surface area contributed by atoms with Crippen molar-refractivity contribution in [1.82, 2.24) is 4.98 Å². The Labute approximate surface area is 205 Å². The number of pyridine rings is 1. The summed E-state index contributed by atoms with van der Waals surface area (Å²) in [7, 11) is 1.58. The highest BCUT2D eigenvalue weighted by molar-refractivity contribution is 6.09. The van der Waals surface area contributed by atoms with Crippen LogP contribution < -0.4 is 20.7 Å². The zero-order chi connectivity index (χ0) is 25.1. The van der Waals surface area contributed by atoms with E-state index in [0.717, 1.165) is 27.7 Å². The molecule has 2 amide bonds. The first-order valence-corrected chi connectivity index (χ1v) is 11.1. The number of nitrogens with one attached hydrogen (secondary N) is 3. The molecular formula is C27H21N5O4. The highest BCUT2D eigenvalue weighted by Gasteiger charge is 2.13. The first-order chi connectivity index (χ1) is 17.5. The SMILES string of the molecule is COc1ccc(NC(=O)Nc2ccc(Nc3c4ccccc4nc4cc([N+](=O)[O-])ccc34)cc2)cc1. The van der Waals surface area contributed by atoms with E-state index >= 15 is 0 Å². The minimum Gasteiger partial charge on any atom is -0.497 e. The van der Waals surface area contributed by atoms with Gasteiger partial charge in [-0.15, -0.1) is 0 Å². The lowest BCUT2D eigenvalue weighted by molar-refractivity contribution is -0.384. The summed E-state index contributed by atoms with van der Waals surface area (Å²) in [5.74, 6) is 0.706. The lowest BCUT2D eigenvalue weighted by atomic mass is 10.1. The summed E-state index contributed by atoms with van der Waals surface area (Å²) < 4.78 is 5.12. The van der Waals surface area contributed by atoms with Crippen LogP contribution >= 0.6 is 0 Å². The van der Waals surface area contributed by atoms with E-state index in [1.54, 1.807) is 49.6 Å². The van der Waals surface area contributed by atoms with Crippen molar-refractivity contribution in [3.8, 4) is 5.75 Å². The summed E-state index contributed by atoms with van der Waals surface area (Å²) >= 11 is 0. The second-order valence-corrected chi connectivity index (χ2v) is 7.97. The van der Waals surface area contributed by atoms with Gasteiger partial charge in [0.1, 0.15) is 5.75 Å². The molecule has 0 spiro atoms. The number of anilines is 4. The van der Waals surface area contributed by atoms with Gasteiger partial charge in [0.05, 0.1) is 28.8 Å². The van der Waals surface area contributed by atoms with E-state index in [2.05, 4.69) is 20.9 Å². The summed E-state index contributed by atoms with van der Waals surface area (Å²) in [5.41, 5.74) is 4.07. The number of aromatic nitrogens is 1. The molecule has 178 valence electrons. The number of hydrogen-bond donors (Lipinski definition) is 3. The molecule has 36 heavy (non-hydrogen) atoms. The maximum Gasteiger partial charge on any atom is 0.323 e. The average Bonchev–Trinajstić information content (AvgIpc) is 2.89. The van der Waals surface area contributed by atoms with Gasteiger partial charge in [0.2, 0.25) is 0 Å². The molecule has 1 aromatic heterocycles. The summed E-state index contributed by atoms with van der Waals surface area (Å²) in [4.78, 5) is 27.8. The normalized spacial score (nSPS) is 10.7. The van der Waals surface area contributed by atoms with Gasteiger partial charge in [-0.1, -0.05) is 18.2 Å². The summed E-state index contributed by atoms with van der Waals surface area (Å²) in [6.45, 7) is 0. The Bertz CT molecular complexity index is 1580. The molecule has 9 nitrogen and oxygen atoms in total. The average molecular weight is 479 g/mol. The van der Waals surface area contributed by atoms with Crippen LogP contribution in [-0.2, 0) is 0 Å². The number of carbonyl (C=O) groups excluding carboxylic acids is 1. The van der Waals surface area contributed by atoms with E-state index in [0.29, 0.717) is 22.6 Å². The van der Waals surface area contributed by atoms with E-state index in [4.69, 9.17) is 4.74 Å². The lowest BCUT2D eigenvalue weighted by Crippen LogP contribution is -2.19. The van der Waals surface area contributed by atoms with Crippen molar-refractivity contribution in [2.75, 3.05) is 23.1 Å². The molecule has 4 aromatic carbocycles. The molecule has 0 saturated heterocycles. The number of urea groups is 1. The quantitative estimate of drug-likeness (QED) is 0.142. The van der Waals surface area contributed by atoms with E-state index in [-0.39, 0.29) is 11.7 Å². The fourth-order valence-corrected chi connectivity index (χ4v) is 3.88. The number of nitrogens with zero attached hydrogens (tertiary/aromatic N) is 2. The van der Waals surface area contributed by atoms with Gasteiger partial charge < -0.3 is 20.7 Å². The first kappa shape index (κ1) is 22.6. The molecule has 5 aromatic rings. The standard InChI is InChI=1S/C27H21N5O4/c1-36-21-13-10-19(11-14-21)30-27(33)29-18-8-6-17(7-9-18)28-26-22-4-2-3-5-24(22)31-25-16-20(32(34)35)12-15-23(25)26/h2-16H,1H3,(H,28,31)(H2,29,30,33). The zero-order valence-electron chi connectivity index (χ0n) is 19.2. The number of non-ortho nitro benzene ring substituents is 1. The monoisotopic (exact) mass is 479 g/mol. The van der Waals surface area contributed by atoms with Gasteiger partial charge in [0.15, 0.2) is 0 Å². The molecule has 0 aliphatic heterocycles. The molecule has 5 rings (SSSR count). The number of nitro benzene ring substituents is 1. The minimum atomic E-state index is -0.431. The molecule has 0 saturated carbocycles. The van der Waals surface area contributed by atoms with Crippen molar-refractivity contribution in [2.24, 2.45) is 0 Å². The number of amides is 2. The Kier molecular flexibility index (Phi) is 6.02. The smallest absolute Gasteiger partial charge is 0.323 e. The fraction of sp³-hybridized carbons (Fsp3) is 0.0370. The summed E-state index contributed by atoms with van der Waals surface area (Å²) in [5, 5.41) is 21.9. The van der Waals surface area contributed by atoms with Crippen molar-refractivity contribution in [3.05, 3.63) is 101 Å². The second-order valence-electron chi connectivity index (χ2n) is 7.97. The number of nitro groups is 1. The molecule has 0 fully saturated rings. The predicted octanol–water partition coefficient (Wildman–Crippen LogP) is 6.69. The highest BCUT2D eigenvalue weighted by atomic mass is 16.6. The van der Waals surface area contributed by atoms with Gasteiger partial charge in [0, 0.05) is 40.0 Å². The van der Waals surface area contributed by atoms with Crippen molar-refractivity contribution < 1.29 is 14.5 Å². The Morgan fingerprint density at radius 2 is 1.42 bits per heavy atom. The lowest BCUT2D eigenvalue weighted by Gasteiger charge is -2.14. The maximum atomic E-state index is 12.4. The van der Waals surface area contributed by atoms with Crippen LogP contribution in [0.2, 0.25) is 0 Å². The van der Waals surface area contributed by atoms with Crippen LogP contribution in [0.3, 0.4) is 0 Å². The van der Waals surface area contributed by atoms with E-state index in [1.165, 1.54) is 12.1 Å². The number of ether oxygens (including phenoxy) is 1. The number of methoxy groups -OCH3 is 1. The van der Waals surface area contributed by atoms with Gasteiger partial charge in [-0.3, -0.25) is 10.1 Å². The van der Waals surface area contributed by atoms with Crippen molar-refractivity contribution in [3.63, 3.8) is 0 Å². The molecule has 0 bridgehead atoms. The maximum absolute atomic E-state index is 12.4. The Morgan fingerprint density at radius 3 is 2.08 bits per heavy atom. The third-order valence-corrected chi connectivity index (χ3v) is 5.64. The van der Waals surface area contributed by atoms with Gasteiger partial charge in [0.25, 0.3) is 5.69 Å². The topological polar surface area (TPSA) is 118 Å². The van der Waals surface area contributed by atoms with Crippen LogP contribution in [0, 0.1) is 10.1 Å². The Balaban J connectivity index is 1.37. The highest BCUT2D eigenvalue weighted by Crippen LogP contribution is 2.34. The van der Waals surface area contributed by atoms with Crippen LogP contribution in [0.4, 0.5) is 33.2 Å². The fourth-order valence-electron chi connectivity index (χ4n) is 3.88. The molecule has 0 unspecified atom stereocenters. The molecule has 9 heteroatoms. The van der Waals surface area contributed by atoms with E-state index in [9.17, 15) is 14.9 Å². The Morgan fingerprint density at radius 1 is 0.806 bits per heavy atom. The number of rotatable bonds is 6. The van der Waals surface area contributed by atoms with Gasteiger partial charge in [-0.2, -0.15) is 0 Å². The first-order valence-electron chi connectivity index (χ1n) is 11.1. The molecular weight excluding hydrogens is 458 g/mol. The number of hydrogen-bond acceptors (Lipinski definition) is 6. The third-order valence-electron chi connectivity index (χ3n) is 5.64. The van der Waals surface area contributed by atoms with Crippen molar-refractivity contribution >= 4 is 56.3 Å². The largest absolute Gasteiger partial charge is 0.497 e. The van der Waals surface area contributed by atoms with Crippen molar-refractivity contribution in [2.45, 2.75) is 0 Å². The van der Waals surface area contributed by atoms with E-state index in [1.807, 2.05) is 36.4 Å². The molecule has 1 heterocycles. The molecule has 0 radical (unpaired) electrons. The van der Waals surface area contributed by atoms with Crippen LogP contribution in [0.15, 0.2) is 91.0 Å². The van der Waals surface area contributed by atoms with Gasteiger partial charge >= 0.3 is 6.03 Å². The van der Waals surface area contributed by atoms with Crippen LogP contribution in [-0.4, -0.2) is 23.0 Å². The molecule has 3 N–H and O–H groups in total. The van der Waals surface area contributed by atoms with E-state index < -0.39 is 4.92 Å². The third kappa shape index (κ3) is 4.71. The number of para-hydroxylation sites is 1. The molecule has 0 atom stereocenters. The molecule has 0 aliphatic carbocycles. The van der Waals surface area contributed by atoms with Crippen molar-refractivity contribution in [1.29, 1.82) is 0 Å². The zero-order valence-corrected chi connectivity index (χ0v) is 19.2. The van der Waals surface area contributed by atoms with Crippen LogP contribution in [0.25, 0.3) is 21.8 Å². The minimum absolute atomic E-state index is 0.0143. The number of benzene rings is 4. The van der Waals surface area contributed by atoms with Crippen LogP contribution in [0.1, 0.15) is 0 Å².